The lowest BCUT2D eigenvalue weighted by Gasteiger charge is -2.07. The molecule has 0 heterocycles. The van der Waals surface area contributed by atoms with Crippen molar-refractivity contribution in [1.82, 2.24) is 5.43 Å². The molecule has 2 aromatic rings. The van der Waals surface area contributed by atoms with Crippen molar-refractivity contribution in [2.75, 3.05) is 12.3 Å². The largest absolute Gasteiger partial charge is 0.482 e. The molecule has 0 aromatic heterocycles. The predicted octanol–water partition coefficient (Wildman–Crippen LogP) is 3.49. The van der Waals surface area contributed by atoms with Gasteiger partial charge in [-0.2, -0.15) is 5.10 Å². The fourth-order valence-electron chi connectivity index (χ4n) is 1.74. The average molecular weight is 352 g/mol. The van der Waals surface area contributed by atoms with Gasteiger partial charge >= 0.3 is 0 Å². The fourth-order valence-corrected chi connectivity index (χ4v) is 2.21. The fraction of sp³-hybridized carbons (Fsp3) is 0.125. The lowest BCUT2D eigenvalue weighted by Crippen LogP contribution is -2.25. The molecule has 0 saturated heterocycles. The number of rotatable bonds is 5. The van der Waals surface area contributed by atoms with Crippen molar-refractivity contribution in [2.24, 2.45) is 5.10 Å². The molecule has 7 heteroatoms. The summed E-state index contributed by atoms with van der Waals surface area (Å²) in [6, 6.07) is 12.0. The molecule has 3 N–H and O–H groups in total. The van der Waals surface area contributed by atoms with Gasteiger partial charge in [0.15, 0.2) is 6.61 Å². The van der Waals surface area contributed by atoms with Crippen LogP contribution in [0.3, 0.4) is 0 Å². The summed E-state index contributed by atoms with van der Waals surface area (Å²) in [4.78, 5) is 11.8. The van der Waals surface area contributed by atoms with Crippen LogP contribution in [0, 0.1) is 0 Å². The number of hydrogen-bond donors (Lipinski definition) is 2. The van der Waals surface area contributed by atoms with Gasteiger partial charge in [-0.15, -0.1) is 0 Å². The first-order valence-electron chi connectivity index (χ1n) is 6.72. The Balaban J connectivity index is 1.90. The van der Waals surface area contributed by atoms with Gasteiger partial charge in [0.25, 0.3) is 5.91 Å². The molecule has 0 fully saturated rings. The molecule has 23 heavy (non-hydrogen) atoms. The van der Waals surface area contributed by atoms with Crippen molar-refractivity contribution in [1.29, 1.82) is 0 Å². The molecule has 0 saturated carbocycles. The summed E-state index contributed by atoms with van der Waals surface area (Å²) in [5.41, 5.74) is 10.2. The van der Waals surface area contributed by atoms with Crippen LogP contribution in [0.4, 0.5) is 5.69 Å². The number of anilines is 1. The Hall–Kier alpha value is -2.24. The number of hydrazone groups is 1. The highest BCUT2D eigenvalue weighted by atomic mass is 35.5. The summed E-state index contributed by atoms with van der Waals surface area (Å²) in [6.45, 7) is 1.56. The van der Waals surface area contributed by atoms with Crippen molar-refractivity contribution in [3.63, 3.8) is 0 Å². The maximum absolute atomic E-state index is 11.8. The lowest BCUT2D eigenvalue weighted by molar-refractivity contribution is -0.123. The lowest BCUT2D eigenvalue weighted by atomic mass is 10.1. The summed E-state index contributed by atoms with van der Waals surface area (Å²) in [5.74, 6) is -0.0259. The van der Waals surface area contributed by atoms with Gasteiger partial charge < -0.3 is 10.5 Å². The molecule has 0 aliphatic rings. The molecule has 5 nitrogen and oxygen atoms in total. The highest BCUT2D eigenvalue weighted by molar-refractivity contribution is 6.35. The molecular formula is C16H15Cl2N3O2. The SMILES string of the molecule is CC(=NNC(=O)COc1ccc(Cl)cc1Cl)c1cccc(N)c1. The number of nitrogens with one attached hydrogen (secondary N) is 1. The van der Waals surface area contributed by atoms with Crippen LogP contribution in [0.1, 0.15) is 12.5 Å². The van der Waals surface area contributed by atoms with E-state index >= 15 is 0 Å². The first-order valence-corrected chi connectivity index (χ1v) is 7.48. The van der Waals surface area contributed by atoms with Gasteiger partial charge in [-0.05, 0) is 42.8 Å². The molecule has 0 aliphatic heterocycles. The van der Waals surface area contributed by atoms with Crippen LogP contribution in [-0.2, 0) is 4.79 Å². The quantitative estimate of drug-likeness (QED) is 0.491. The Kier molecular flexibility index (Phi) is 5.84. The maximum Gasteiger partial charge on any atom is 0.277 e. The number of nitrogens with zero attached hydrogens (tertiary/aromatic N) is 1. The van der Waals surface area contributed by atoms with Crippen LogP contribution < -0.4 is 15.9 Å². The summed E-state index contributed by atoms with van der Waals surface area (Å²) >= 11 is 11.7. The van der Waals surface area contributed by atoms with E-state index in [1.165, 1.54) is 0 Å². The molecule has 2 rings (SSSR count). The van der Waals surface area contributed by atoms with E-state index in [1.54, 1.807) is 37.3 Å². The van der Waals surface area contributed by atoms with Gasteiger partial charge in [0, 0.05) is 10.7 Å². The topological polar surface area (TPSA) is 76.7 Å². The molecule has 0 unspecified atom stereocenters. The Morgan fingerprint density at radius 2 is 2.04 bits per heavy atom. The van der Waals surface area contributed by atoms with Gasteiger partial charge in [-0.3, -0.25) is 4.79 Å². The maximum atomic E-state index is 11.8. The summed E-state index contributed by atoms with van der Waals surface area (Å²) in [6.07, 6.45) is 0. The van der Waals surface area contributed by atoms with Crippen molar-refractivity contribution in [3.8, 4) is 5.75 Å². The predicted molar refractivity (Wildman–Crippen MR) is 93.2 cm³/mol. The third kappa shape index (κ3) is 5.16. The van der Waals surface area contributed by atoms with E-state index in [-0.39, 0.29) is 6.61 Å². The number of nitrogen functional groups attached to an aromatic ring is 1. The molecule has 0 bridgehead atoms. The molecule has 0 aliphatic carbocycles. The number of carbonyl (C=O) groups is 1. The minimum absolute atomic E-state index is 0.213. The van der Waals surface area contributed by atoms with Crippen LogP contribution in [0.5, 0.6) is 5.75 Å². The third-order valence-electron chi connectivity index (χ3n) is 2.91. The Labute approximate surface area is 144 Å². The van der Waals surface area contributed by atoms with Gasteiger partial charge in [-0.25, -0.2) is 5.43 Å². The number of halogens is 2. The second-order valence-electron chi connectivity index (χ2n) is 4.72. The molecule has 0 radical (unpaired) electrons. The van der Waals surface area contributed by atoms with Crippen LogP contribution >= 0.6 is 23.2 Å². The highest BCUT2D eigenvalue weighted by Gasteiger charge is 2.06. The zero-order valence-corrected chi connectivity index (χ0v) is 13.9. The van der Waals surface area contributed by atoms with E-state index in [1.807, 2.05) is 12.1 Å². The molecule has 0 spiro atoms. The van der Waals surface area contributed by atoms with Crippen LogP contribution in [0.2, 0.25) is 10.0 Å². The van der Waals surface area contributed by atoms with Crippen molar-refractivity contribution in [2.45, 2.75) is 6.92 Å². The second-order valence-corrected chi connectivity index (χ2v) is 5.56. The van der Waals surface area contributed by atoms with Crippen molar-refractivity contribution in [3.05, 3.63) is 58.1 Å². The molecule has 0 atom stereocenters. The smallest absolute Gasteiger partial charge is 0.277 e. The van der Waals surface area contributed by atoms with E-state index in [2.05, 4.69) is 10.5 Å². The van der Waals surface area contributed by atoms with Crippen molar-refractivity contribution >= 4 is 40.5 Å². The normalized spacial score (nSPS) is 11.2. The first-order chi connectivity index (χ1) is 11.0. The second kappa shape index (κ2) is 7.85. The molecule has 1 amide bonds. The highest BCUT2D eigenvalue weighted by Crippen LogP contribution is 2.27. The minimum atomic E-state index is -0.403. The zero-order valence-electron chi connectivity index (χ0n) is 12.3. The summed E-state index contributed by atoms with van der Waals surface area (Å²) < 4.78 is 5.32. The Morgan fingerprint density at radius 1 is 1.26 bits per heavy atom. The van der Waals surface area contributed by atoms with E-state index in [0.29, 0.717) is 27.2 Å². The number of nitrogens with two attached hydrogens (primary N) is 1. The minimum Gasteiger partial charge on any atom is -0.482 e. The van der Waals surface area contributed by atoms with Crippen LogP contribution in [0.15, 0.2) is 47.6 Å². The number of benzene rings is 2. The van der Waals surface area contributed by atoms with Crippen LogP contribution in [-0.4, -0.2) is 18.2 Å². The van der Waals surface area contributed by atoms with E-state index in [4.69, 9.17) is 33.7 Å². The summed E-state index contributed by atoms with van der Waals surface area (Å²) in [5, 5.41) is 4.84. The number of ether oxygens (including phenoxy) is 1. The first kappa shape index (κ1) is 17.1. The van der Waals surface area contributed by atoms with Crippen molar-refractivity contribution < 1.29 is 9.53 Å². The van der Waals surface area contributed by atoms with Gasteiger partial charge in [0.1, 0.15) is 5.75 Å². The average Bonchev–Trinajstić information content (AvgIpc) is 2.51. The third-order valence-corrected chi connectivity index (χ3v) is 3.44. The zero-order chi connectivity index (χ0) is 16.8. The Morgan fingerprint density at radius 3 is 2.74 bits per heavy atom. The number of amides is 1. The number of hydrogen-bond acceptors (Lipinski definition) is 4. The monoisotopic (exact) mass is 351 g/mol. The van der Waals surface area contributed by atoms with Crippen LogP contribution in [0.25, 0.3) is 0 Å². The van der Waals surface area contributed by atoms with Gasteiger partial charge in [0.2, 0.25) is 0 Å². The van der Waals surface area contributed by atoms with E-state index in [9.17, 15) is 4.79 Å². The van der Waals surface area contributed by atoms with Gasteiger partial charge in [-0.1, -0.05) is 35.3 Å². The Bertz CT molecular complexity index is 748. The van der Waals surface area contributed by atoms with E-state index in [0.717, 1.165) is 5.56 Å². The van der Waals surface area contributed by atoms with Gasteiger partial charge in [0.05, 0.1) is 10.7 Å². The molecular weight excluding hydrogens is 337 g/mol. The summed E-state index contributed by atoms with van der Waals surface area (Å²) in [7, 11) is 0. The molecule has 120 valence electrons. The standard InChI is InChI=1S/C16H15Cl2N3O2/c1-10(11-3-2-4-13(19)7-11)20-21-16(22)9-23-15-6-5-12(17)8-14(15)18/h2-8H,9,19H2,1H3,(H,21,22). The molecule has 2 aromatic carbocycles. The number of carbonyl (C=O) groups excluding carboxylic acids is 1. The van der Waals surface area contributed by atoms with E-state index < -0.39 is 5.91 Å².